The molecule has 1 aromatic carbocycles. The maximum absolute atomic E-state index is 12.3. The highest BCUT2D eigenvalue weighted by Crippen LogP contribution is 2.52. The Balaban J connectivity index is 1.37. The lowest BCUT2D eigenvalue weighted by Gasteiger charge is -2.41. The zero-order valence-corrected chi connectivity index (χ0v) is 13.4. The summed E-state index contributed by atoms with van der Waals surface area (Å²) < 4.78 is 5.11. The largest absolute Gasteiger partial charge is 0.340 e. The number of hydrogen-bond donors (Lipinski definition) is 1. The SMILES string of the molecule is C[C@H](NC(=O)c1noc(-c2ccccc2)n1)C(=O)N1CC2(CC2)C1. The highest BCUT2D eigenvalue weighted by molar-refractivity contribution is 5.95. The number of nitrogens with zero attached hydrogens (tertiary/aromatic N) is 3. The topological polar surface area (TPSA) is 88.3 Å². The van der Waals surface area contributed by atoms with Crippen LogP contribution in [0.2, 0.25) is 0 Å². The van der Waals surface area contributed by atoms with Crippen molar-refractivity contribution in [1.82, 2.24) is 20.4 Å². The van der Waals surface area contributed by atoms with E-state index in [0.717, 1.165) is 18.7 Å². The van der Waals surface area contributed by atoms with Gasteiger partial charge in [0.05, 0.1) is 0 Å². The van der Waals surface area contributed by atoms with Crippen LogP contribution in [0.15, 0.2) is 34.9 Å². The van der Waals surface area contributed by atoms with Gasteiger partial charge in [-0.3, -0.25) is 9.59 Å². The van der Waals surface area contributed by atoms with Crippen LogP contribution in [0, 0.1) is 5.41 Å². The van der Waals surface area contributed by atoms with Gasteiger partial charge in [0, 0.05) is 24.1 Å². The molecule has 0 bridgehead atoms. The summed E-state index contributed by atoms with van der Waals surface area (Å²) in [5, 5.41) is 6.34. The lowest BCUT2D eigenvalue weighted by molar-refractivity contribution is -0.140. The molecule has 2 heterocycles. The number of hydrogen-bond acceptors (Lipinski definition) is 5. The molecule has 4 rings (SSSR count). The summed E-state index contributed by atoms with van der Waals surface area (Å²) in [5.74, 6) is -0.370. The number of amides is 2. The van der Waals surface area contributed by atoms with E-state index >= 15 is 0 Å². The van der Waals surface area contributed by atoms with Crippen molar-refractivity contribution in [2.45, 2.75) is 25.8 Å². The zero-order valence-electron chi connectivity index (χ0n) is 13.4. The molecule has 2 aliphatic rings. The first-order valence-electron chi connectivity index (χ1n) is 8.05. The van der Waals surface area contributed by atoms with Gasteiger partial charge in [0.25, 0.3) is 17.6 Å². The number of nitrogens with one attached hydrogen (secondary N) is 1. The molecule has 2 fully saturated rings. The number of rotatable bonds is 4. The number of aromatic nitrogens is 2. The number of carbonyl (C=O) groups excluding carboxylic acids is 2. The van der Waals surface area contributed by atoms with E-state index in [1.165, 1.54) is 12.8 Å². The van der Waals surface area contributed by atoms with E-state index in [1.54, 1.807) is 11.8 Å². The minimum Gasteiger partial charge on any atom is -0.340 e. The van der Waals surface area contributed by atoms with Crippen LogP contribution in [0.3, 0.4) is 0 Å². The van der Waals surface area contributed by atoms with Gasteiger partial charge in [0.15, 0.2) is 0 Å². The summed E-state index contributed by atoms with van der Waals surface area (Å²) in [7, 11) is 0. The Hall–Kier alpha value is -2.70. The van der Waals surface area contributed by atoms with Gasteiger partial charge in [0.2, 0.25) is 5.91 Å². The molecule has 1 N–H and O–H groups in total. The van der Waals surface area contributed by atoms with E-state index in [9.17, 15) is 9.59 Å². The van der Waals surface area contributed by atoms with Gasteiger partial charge in [-0.1, -0.05) is 23.4 Å². The Morgan fingerprint density at radius 1 is 1.25 bits per heavy atom. The molecule has 7 heteroatoms. The van der Waals surface area contributed by atoms with Gasteiger partial charge in [-0.25, -0.2) is 0 Å². The molecule has 2 amide bonds. The predicted octanol–water partition coefficient (Wildman–Crippen LogP) is 1.48. The fourth-order valence-electron chi connectivity index (χ4n) is 3.02. The molecule has 1 saturated heterocycles. The van der Waals surface area contributed by atoms with Gasteiger partial charge in [-0.15, -0.1) is 0 Å². The highest BCUT2D eigenvalue weighted by Gasteiger charge is 2.54. The number of likely N-dealkylation sites (tertiary alicyclic amines) is 1. The van der Waals surface area contributed by atoms with Gasteiger partial charge in [-0.05, 0) is 31.9 Å². The van der Waals surface area contributed by atoms with Crippen LogP contribution in [0.4, 0.5) is 0 Å². The summed E-state index contributed by atoms with van der Waals surface area (Å²) in [4.78, 5) is 30.4. The first-order valence-corrected chi connectivity index (χ1v) is 8.05. The Labute approximate surface area is 139 Å². The van der Waals surface area contributed by atoms with Gasteiger partial charge >= 0.3 is 0 Å². The fourth-order valence-corrected chi connectivity index (χ4v) is 3.02. The Kier molecular flexibility index (Phi) is 3.37. The third-order valence-corrected chi connectivity index (χ3v) is 4.69. The number of benzene rings is 1. The molecule has 1 aliphatic carbocycles. The van der Waals surface area contributed by atoms with Crippen LogP contribution in [-0.2, 0) is 4.79 Å². The van der Waals surface area contributed by atoms with Gasteiger partial charge in [0.1, 0.15) is 6.04 Å². The molecule has 0 unspecified atom stereocenters. The van der Waals surface area contributed by atoms with Crippen molar-refractivity contribution in [2.75, 3.05) is 13.1 Å². The average Bonchev–Trinajstić information content (AvgIpc) is 3.22. The minimum absolute atomic E-state index is 0.0624. The summed E-state index contributed by atoms with van der Waals surface area (Å²) in [6, 6.07) is 8.60. The van der Waals surface area contributed by atoms with Gasteiger partial charge in [-0.2, -0.15) is 4.98 Å². The first-order chi connectivity index (χ1) is 11.6. The molecule has 24 heavy (non-hydrogen) atoms. The van der Waals surface area contributed by atoms with Crippen molar-refractivity contribution >= 4 is 11.8 Å². The average molecular weight is 326 g/mol. The second kappa shape index (κ2) is 5.43. The standard InChI is InChI=1S/C17H18N4O3/c1-11(16(23)21-9-17(10-21)7-8-17)18-14(22)13-19-15(24-20-13)12-5-3-2-4-6-12/h2-6,11H,7-10H2,1H3,(H,18,22)/t11-/m0/s1. The highest BCUT2D eigenvalue weighted by atomic mass is 16.5. The molecular weight excluding hydrogens is 308 g/mol. The van der Waals surface area contributed by atoms with E-state index in [4.69, 9.17) is 4.52 Å². The van der Waals surface area contributed by atoms with Crippen molar-refractivity contribution in [3.8, 4) is 11.5 Å². The maximum atomic E-state index is 12.3. The molecule has 1 aliphatic heterocycles. The van der Waals surface area contributed by atoms with E-state index in [-0.39, 0.29) is 17.6 Å². The Morgan fingerprint density at radius 3 is 2.62 bits per heavy atom. The van der Waals surface area contributed by atoms with Crippen molar-refractivity contribution in [2.24, 2.45) is 5.41 Å². The molecule has 2 aromatic rings. The van der Waals surface area contributed by atoms with Crippen LogP contribution in [0.1, 0.15) is 30.4 Å². The quantitative estimate of drug-likeness (QED) is 0.919. The van der Waals surface area contributed by atoms with Crippen LogP contribution in [0.25, 0.3) is 11.5 Å². The maximum Gasteiger partial charge on any atom is 0.293 e. The zero-order chi connectivity index (χ0) is 16.7. The fraction of sp³-hybridized carbons (Fsp3) is 0.412. The van der Waals surface area contributed by atoms with Crippen LogP contribution < -0.4 is 5.32 Å². The third-order valence-electron chi connectivity index (χ3n) is 4.69. The predicted molar refractivity (Wildman–Crippen MR) is 84.9 cm³/mol. The smallest absolute Gasteiger partial charge is 0.293 e. The van der Waals surface area contributed by atoms with Crippen molar-refractivity contribution in [1.29, 1.82) is 0 Å². The molecule has 1 atom stereocenters. The molecule has 124 valence electrons. The molecule has 0 radical (unpaired) electrons. The summed E-state index contributed by atoms with van der Waals surface area (Å²) in [6.45, 7) is 3.30. The van der Waals surface area contributed by atoms with Crippen LogP contribution in [0.5, 0.6) is 0 Å². The van der Waals surface area contributed by atoms with E-state index in [1.807, 2.05) is 30.3 Å². The molecule has 1 saturated carbocycles. The Bertz CT molecular complexity index is 774. The minimum atomic E-state index is -0.604. The first kappa shape index (κ1) is 14.9. The lowest BCUT2D eigenvalue weighted by Crippen LogP contribution is -2.57. The summed E-state index contributed by atoms with van der Waals surface area (Å²) in [5.41, 5.74) is 1.14. The lowest BCUT2D eigenvalue weighted by atomic mass is 9.96. The molecule has 1 spiro atoms. The van der Waals surface area contributed by atoms with Crippen molar-refractivity contribution < 1.29 is 14.1 Å². The monoisotopic (exact) mass is 326 g/mol. The summed E-state index contributed by atoms with van der Waals surface area (Å²) in [6.07, 6.45) is 2.42. The van der Waals surface area contributed by atoms with Crippen LogP contribution in [-0.4, -0.2) is 46.0 Å². The van der Waals surface area contributed by atoms with E-state index in [0.29, 0.717) is 5.41 Å². The number of carbonyl (C=O) groups is 2. The van der Waals surface area contributed by atoms with Crippen molar-refractivity contribution in [3.05, 3.63) is 36.2 Å². The molecule has 1 aromatic heterocycles. The van der Waals surface area contributed by atoms with Crippen LogP contribution >= 0.6 is 0 Å². The van der Waals surface area contributed by atoms with E-state index in [2.05, 4.69) is 15.5 Å². The van der Waals surface area contributed by atoms with Gasteiger partial charge < -0.3 is 14.7 Å². The second-order valence-corrected chi connectivity index (χ2v) is 6.68. The molecule has 7 nitrogen and oxygen atoms in total. The normalized spacial score (nSPS) is 18.8. The molecular formula is C17H18N4O3. The van der Waals surface area contributed by atoms with E-state index < -0.39 is 11.9 Å². The second-order valence-electron chi connectivity index (χ2n) is 6.68. The third kappa shape index (κ3) is 2.66. The Morgan fingerprint density at radius 2 is 1.96 bits per heavy atom. The summed E-state index contributed by atoms with van der Waals surface area (Å²) >= 11 is 0. The van der Waals surface area contributed by atoms with Crippen molar-refractivity contribution in [3.63, 3.8) is 0 Å².